The molecule has 24 heavy (non-hydrogen) atoms. The largest absolute Gasteiger partial charge is 0.381 e. The van der Waals surface area contributed by atoms with Gasteiger partial charge in [0.2, 0.25) is 0 Å². The van der Waals surface area contributed by atoms with Crippen LogP contribution in [0.5, 0.6) is 0 Å². The van der Waals surface area contributed by atoms with Gasteiger partial charge in [0.1, 0.15) is 0 Å². The normalized spacial score (nSPS) is 22.8. The summed E-state index contributed by atoms with van der Waals surface area (Å²) in [7, 11) is 0. The first-order valence-electron chi connectivity index (χ1n) is 10.0. The van der Waals surface area contributed by atoms with Crippen molar-refractivity contribution in [2.24, 2.45) is 16.8 Å². The number of guanidine groups is 1. The van der Waals surface area contributed by atoms with Crippen LogP contribution in [-0.4, -0.2) is 62.8 Å². The third-order valence-electron chi connectivity index (χ3n) is 4.94. The fourth-order valence-corrected chi connectivity index (χ4v) is 3.19. The molecule has 1 saturated heterocycles. The van der Waals surface area contributed by atoms with Gasteiger partial charge in [0, 0.05) is 45.4 Å². The van der Waals surface area contributed by atoms with Gasteiger partial charge in [0.25, 0.3) is 0 Å². The number of ether oxygens (including phenoxy) is 1. The maximum atomic E-state index is 5.68. The summed E-state index contributed by atoms with van der Waals surface area (Å²) >= 11 is 0. The van der Waals surface area contributed by atoms with E-state index in [0.717, 1.165) is 51.1 Å². The van der Waals surface area contributed by atoms with E-state index in [0.29, 0.717) is 12.0 Å². The lowest BCUT2D eigenvalue weighted by atomic mass is 9.97. The van der Waals surface area contributed by atoms with Gasteiger partial charge in [-0.25, -0.2) is 0 Å². The highest BCUT2D eigenvalue weighted by molar-refractivity contribution is 5.79. The molecule has 1 heterocycles. The van der Waals surface area contributed by atoms with Crippen LogP contribution in [0.2, 0.25) is 0 Å². The Morgan fingerprint density at radius 1 is 1.21 bits per heavy atom. The molecule has 0 aromatic heterocycles. The molecule has 0 aromatic rings. The molecule has 2 aliphatic rings. The Labute approximate surface area is 148 Å². The van der Waals surface area contributed by atoms with E-state index in [9.17, 15) is 0 Å². The molecule has 1 aliphatic carbocycles. The molecule has 2 N–H and O–H groups in total. The number of rotatable bonds is 10. The lowest BCUT2D eigenvalue weighted by Gasteiger charge is -2.34. The van der Waals surface area contributed by atoms with Gasteiger partial charge in [-0.2, -0.15) is 0 Å². The van der Waals surface area contributed by atoms with Crippen LogP contribution in [0.1, 0.15) is 52.9 Å². The van der Waals surface area contributed by atoms with Crippen molar-refractivity contribution < 1.29 is 4.74 Å². The highest BCUT2D eigenvalue weighted by Crippen LogP contribution is 2.28. The Morgan fingerprint density at radius 3 is 2.75 bits per heavy atom. The molecule has 1 saturated carbocycles. The predicted molar refractivity (Wildman–Crippen MR) is 102 cm³/mol. The monoisotopic (exact) mass is 338 g/mol. The second-order valence-electron chi connectivity index (χ2n) is 7.62. The number of nitrogens with one attached hydrogen (secondary N) is 2. The second-order valence-corrected chi connectivity index (χ2v) is 7.62. The molecule has 2 rings (SSSR count). The van der Waals surface area contributed by atoms with Crippen LogP contribution in [0.3, 0.4) is 0 Å². The summed E-state index contributed by atoms with van der Waals surface area (Å²) in [6, 6.07) is 0.652. The summed E-state index contributed by atoms with van der Waals surface area (Å²) in [6.45, 7) is 13.7. The van der Waals surface area contributed by atoms with Crippen molar-refractivity contribution >= 4 is 5.96 Å². The zero-order valence-electron chi connectivity index (χ0n) is 16.0. The molecule has 1 unspecified atom stereocenters. The lowest BCUT2D eigenvalue weighted by molar-refractivity contribution is 0.123. The summed E-state index contributed by atoms with van der Waals surface area (Å²) in [4.78, 5) is 7.40. The Balaban J connectivity index is 1.63. The fourth-order valence-electron chi connectivity index (χ4n) is 3.19. The highest BCUT2D eigenvalue weighted by atomic mass is 16.5. The minimum Gasteiger partial charge on any atom is -0.381 e. The van der Waals surface area contributed by atoms with Gasteiger partial charge < -0.3 is 20.3 Å². The van der Waals surface area contributed by atoms with E-state index in [4.69, 9.17) is 9.73 Å². The fraction of sp³-hybridized carbons (Fsp3) is 0.947. The average molecular weight is 339 g/mol. The molecule has 140 valence electrons. The molecular weight excluding hydrogens is 300 g/mol. The standard InChI is InChI=1S/C19H38N4O/c1-4-20-19(21-10-6-12-24-15-17-8-9-17)22-13-18-7-5-11-23(14-18)16(2)3/h16-18H,4-15H2,1-3H3,(H2,20,21,22). The van der Waals surface area contributed by atoms with Gasteiger partial charge in [-0.05, 0) is 71.3 Å². The van der Waals surface area contributed by atoms with Gasteiger partial charge in [0.15, 0.2) is 5.96 Å². The number of piperidine rings is 1. The smallest absolute Gasteiger partial charge is 0.191 e. The van der Waals surface area contributed by atoms with Gasteiger partial charge in [0.05, 0.1) is 0 Å². The zero-order chi connectivity index (χ0) is 17.2. The van der Waals surface area contributed by atoms with E-state index in [-0.39, 0.29) is 0 Å². The van der Waals surface area contributed by atoms with E-state index in [1.165, 1.54) is 38.8 Å². The van der Waals surface area contributed by atoms with E-state index in [2.05, 4.69) is 36.3 Å². The summed E-state index contributed by atoms with van der Waals surface area (Å²) < 4.78 is 5.68. The number of nitrogens with zero attached hydrogens (tertiary/aromatic N) is 2. The molecule has 0 radical (unpaired) electrons. The van der Waals surface area contributed by atoms with Crippen LogP contribution < -0.4 is 10.6 Å². The molecule has 0 aromatic carbocycles. The van der Waals surface area contributed by atoms with E-state index in [1.54, 1.807) is 0 Å². The first-order valence-corrected chi connectivity index (χ1v) is 10.0. The number of aliphatic imine (C=N–C) groups is 1. The summed E-state index contributed by atoms with van der Waals surface area (Å²) in [5.74, 6) is 2.51. The molecular formula is C19H38N4O. The predicted octanol–water partition coefficient (Wildman–Crippen LogP) is 2.48. The second kappa shape index (κ2) is 10.9. The highest BCUT2D eigenvalue weighted by Gasteiger charge is 2.22. The van der Waals surface area contributed by atoms with Crippen LogP contribution in [0.25, 0.3) is 0 Å². The van der Waals surface area contributed by atoms with Crippen molar-refractivity contribution in [3.8, 4) is 0 Å². The van der Waals surface area contributed by atoms with Crippen LogP contribution in [0.15, 0.2) is 4.99 Å². The van der Waals surface area contributed by atoms with Crippen molar-refractivity contribution in [3.05, 3.63) is 0 Å². The molecule has 1 atom stereocenters. The minimum absolute atomic E-state index is 0.652. The van der Waals surface area contributed by atoms with Crippen molar-refractivity contribution in [2.75, 3.05) is 45.9 Å². The van der Waals surface area contributed by atoms with Crippen molar-refractivity contribution in [2.45, 2.75) is 58.9 Å². The van der Waals surface area contributed by atoms with Crippen LogP contribution in [0.4, 0.5) is 0 Å². The van der Waals surface area contributed by atoms with Crippen molar-refractivity contribution in [1.29, 1.82) is 0 Å². The van der Waals surface area contributed by atoms with E-state index in [1.807, 2.05) is 0 Å². The van der Waals surface area contributed by atoms with Gasteiger partial charge in [-0.15, -0.1) is 0 Å². The maximum absolute atomic E-state index is 5.68. The first-order chi connectivity index (χ1) is 11.7. The van der Waals surface area contributed by atoms with E-state index >= 15 is 0 Å². The number of likely N-dealkylation sites (tertiary alicyclic amines) is 1. The zero-order valence-corrected chi connectivity index (χ0v) is 16.0. The van der Waals surface area contributed by atoms with Crippen LogP contribution >= 0.6 is 0 Å². The Morgan fingerprint density at radius 2 is 2.04 bits per heavy atom. The summed E-state index contributed by atoms with van der Waals surface area (Å²) in [6.07, 6.45) is 6.39. The summed E-state index contributed by atoms with van der Waals surface area (Å²) in [5.41, 5.74) is 0. The minimum atomic E-state index is 0.652. The van der Waals surface area contributed by atoms with Gasteiger partial charge in [-0.1, -0.05) is 0 Å². The molecule has 0 spiro atoms. The van der Waals surface area contributed by atoms with E-state index < -0.39 is 0 Å². The Bertz CT molecular complexity index is 368. The third kappa shape index (κ3) is 7.84. The molecule has 5 heteroatoms. The van der Waals surface area contributed by atoms with Gasteiger partial charge in [-0.3, -0.25) is 4.99 Å². The quantitative estimate of drug-likeness (QED) is 0.365. The molecule has 2 fully saturated rings. The van der Waals surface area contributed by atoms with Crippen LogP contribution in [-0.2, 0) is 4.74 Å². The third-order valence-corrected chi connectivity index (χ3v) is 4.94. The summed E-state index contributed by atoms with van der Waals surface area (Å²) in [5, 5.41) is 6.80. The Kier molecular flexibility index (Phi) is 8.89. The first kappa shape index (κ1) is 19.5. The van der Waals surface area contributed by atoms with Crippen molar-refractivity contribution in [1.82, 2.24) is 15.5 Å². The molecule has 5 nitrogen and oxygen atoms in total. The Hall–Kier alpha value is -0.810. The van der Waals surface area contributed by atoms with Gasteiger partial charge >= 0.3 is 0 Å². The number of hydrogen-bond acceptors (Lipinski definition) is 3. The molecule has 0 bridgehead atoms. The molecule has 1 aliphatic heterocycles. The van der Waals surface area contributed by atoms with Crippen molar-refractivity contribution in [3.63, 3.8) is 0 Å². The SMILES string of the molecule is CCNC(=NCC1CCCN(C(C)C)C1)NCCCOCC1CC1. The van der Waals surface area contributed by atoms with Crippen LogP contribution in [0, 0.1) is 11.8 Å². The molecule has 0 amide bonds. The maximum Gasteiger partial charge on any atom is 0.191 e. The number of hydrogen-bond donors (Lipinski definition) is 2. The lowest BCUT2D eigenvalue weighted by Crippen LogP contribution is -2.42. The average Bonchev–Trinajstić information content (AvgIpc) is 3.40. The topological polar surface area (TPSA) is 48.9 Å².